The maximum Gasteiger partial charge on any atom is 0.220 e. The average molecular weight is 939 g/mol. The average Bonchev–Trinajstić information content (AvgIpc) is 3.33. The number of hydrogen-bond donors (Lipinski definition) is 3. The van der Waals surface area contributed by atoms with Crippen molar-refractivity contribution < 1.29 is 15.0 Å². The zero-order valence-corrected chi connectivity index (χ0v) is 45.4. The molecule has 0 aromatic carbocycles. The van der Waals surface area contributed by atoms with Crippen molar-refractivity contribution in [3.05, 3.63) is 48.6 Å². The topological polar surface area (TPSA) is 69.6 Å². The standard InChI is InChI=1S/C63H119NO3/c1-3-5-7-9-11-13-15-17-19-21-23-25-27-28-29-30-31-32-33-34-35-37-38-40-42-44-46-48-50-52-54-56-58-62(66)61(60-65)64-63(67)59-57-55-53-51-49-47-45-43-41-39-36-26-24-22-20-18-16-14-12-10-8-6-4-2/h6,8,12,14,18,20,24,26,61-62,65-66H,3-5,7,9-11,13,15-17,19,21-23,25,27-60H2,1-2H3,(H,64,67)/b8-6-,14-12-,20-18-,26-24-. The van der Waals surface area contributed by atoms with Crippen LogP contribution in [-0.4, -0.2) is 34.9 Å². The van der Waals surface area contributed by atoms with Crippen molar-refractivity contribution in [2.24, 2.45) is 0 Å². The van der Waals surface area contributed by atoms with Gasteiger partial charge in [-0.15, -0.1) is 0 Å². The second-order valence-electron chi connectivity index (χ2n) is 20.7. The molecule has 0 heterocycles. The van der Waals surface area contributed by atoms with Crippen molar-refractivity contribution in [3.8, 4) is 0 Å². The fourth-order valence-electron chi connectivity index (χ4n) is 9.53. The number of carbonyl (C=O) groups is 1. The summed E-state index contributed by atoms with van der Waals surface area (Å²) in [5.74, 6) is -0.0330. The Kier molecular flexibility index (Phi) is 57.2. The lowest BCUT2D eigenvalue weighted by Gasteiger charge is -2.22. The van der Waals surface area contributed by atoms with Gasteiger partial charge in [-0.1, -0.05) is 319 Å². The predicted molar refractivity (Wildman–Crippen MR) is 299 cm³/mol. The molecule has 0 saturated carbocycles. The molecule has 0 saturated heterocycles. The van der Waals surface area contributed by atoms with Gasteiger partial charge in [-0.2, -0.15) is 0 Å². The van der Waals surface area contributed by atoms with Gasteiger partial charge in [0.05, 0.1) is 18.8 Å². The lowest BCUT2D eigenvalue weighted by atomic mass is 10.0. The van der Waals surface area contributed by atoms with Crippen LogP contribution in [0.3, 0.4) is 0 Å². The molecular formula is C63H119NO3. The van der Waals surface area contributed by atoms with Gasteiger partial charge in [-0.05, 0) is 51.4 Å². The number of amides is 1. The minimum Gasteiger partial charge on any atom is -0.394 e. The van der Waals surface area contributed by atoms with Crippen LogP contribution in [0.2, 0.25) is 0 Å². The lowest BCUT2D eigenvalue weighted by molar-refractivity contribution is -0.123. The van der Waals surface area contributed by atoms with E-state index in [0.717, 1.165) is 51.4 Å². The second kappa shape index (κ2) is 58.7. The van der Waals surface area contributed by atoms with E-state index < -0.39 is 12.1 Å². The molecule has 4 nitrogen and oxygen atoms in total. The van der Waals surface area contributed by atoms with E-state index in [9.17, 15) is 15.0 Å². The van der Waals surface area contributed by atoms with Crippen LogP contribution in [0.15, 0.2) is 48.6 Å². The van der Waals surface area contributed by atoms with E-state index in [1.54, 1.807) is 0 Å². The number of hydrogen-bond acceptors (Lipinski definition) is 3. The molecule has 0 aliphatic heterocycles. The number of nitrogens with one attached hydrogen (secondary N) is 1. The summed E-state index contributed by atoms with van der Waals surface area (Å²) in [5, 5.41) is 23.4. The molecule has 0 aliphatic rings. The molecule has 2 unspecified atom stereocenters. The maximum absolute atomic E-state index is 12.5. The number of allylic oxidation sites excluding steroid dienone is 8. The van der Waals surface area contributed by atoms with Crippen molar-refractivity contribution >= 4 is 5.91 Å². The highest BCUT2D eigenvalue weighted by Crippen LogP contribution is 2.18. The Morgan fingerprint density at radius 1 is 0.373 bits per heavy atom. The molecule has 0 aliphatic carbocycles. The summed E-state index contributed by atoms with van der Waals surface area (Å²) in [4.78, 5) is 12.5. The van der Waals surface area contributed by atoms with Gasteiger partial charge in [0.2, 0.25) is 5.91 Å². The Hall–Kier alpha value is -1.65. The smallest absolute Gasteiger partial charge is 0.220 e. The fourth-order valence-corrected chi connectivity index (χ4v) is 9.53. The zero-order chi connectivity index (χ0) is 48.5. The minimum absolute atomic E-state index is 0.0330. The molecule has 3 N–H and O–H groups in total. The first-order chi connectivity index (χ1) is 33.2. The van der Waals surface area contributed by atoms with Crippen LogP contribution in [0.1, 0.15) is 328 Å². The Labute approximate surface area is 420 Å². The van der Waals surface area contributed by atoms with Crippen LogP contribution in [-0.2, 0) is 4.79 Å². The molecule has 0 radical (unpaired) electrons. The summed E-state index contributed by atoms with van der Waals surface area (Å²) >= 11 is 0. The van der Waals surface area contributed by atoms with Gasteiger partial charge < -0.3 is 15.5 Å². The van der Waals surface area contributed by atoms with Crippen molar-refractivity contribution in [1.29, 1.82) is 0 Å². The maximum atomic E-state index is 12.5. The van der Waals surface area contributed by atoms with Gasteiger partial charge >= 0.3 is 0 Å². The molecule has 67 heavy (non-hydrogen) atoms. The van der Waals surface area contributed by atoms with Gasteiger partial charge in [0.25, 0.3) is 0 Å². The quantitative estimate of drug-likeness (QED) is 0.0420. The molecule has 1 amide bonds. The van der Waals surface area contributed by atoms with E-state index in [2.05, 4.69) is 67.8 Å². The Balaban J connectivity index is 3.42. The molecule has 0 aromatic rings. The SMILES string of the molecule is CC/C=C\C/C=C\C/C=C\C/C=C\CCCCCCCCCCCCC(=O)NC(CO)C(O)CCCCCCCCCCCCCCCCCCCCCCCCCCCCCCCCCC. The van der Waals surface area contributed by atoms with E-state index in [1.165, 1.54) is 250 Å². The number of aliphatic hydroxyl groups excluding tert-OH is 2. The van der Waals surface area contributed by atoms with E-state index in [1.807, 2.05) is 0 Å². The Morgan fingerprint density at radius 3 is 0.985 bits per heavy atom. The molecular weight excluding hydrogens is 819 g/mol. The largest absolute Gasteiger partial charge is 0.394 e. The first-order valence-electron chi connectivity index (χ1n) is 30.3. The van der Waals surface area contributed by atoms with Gasteiger partial charge in [-0.25, -0.2) is 0 Å². The van der Waals surface area contributed by atoms with Crippen LogP contribution in [0.5, 0.6) is 0 Å². The summed E-state index contributed by atoms with van der Waals surface area (Å²) in [7, 11) is 0. The predicted octanol–water partition coefficient (Wildman–Crippen LogP) is 20.2. The second-order valence-corrected chi connectivity index (χ2v) is 20.7. The van der Waals surface area contributed by atoms with E-state index in [4.69, 9.17) is 0 Å². The van der Waals surface area contributed by atoms with Crippen LogP contribution >= 0.6 is 0 Å². The number of carbonyl (C=O) groups excluding carboxylic acids is 1. The Bertz CT molecular complexity index is 1060. The molecule has 0 fully saturated rings. The highest BCUT2D eigenvalue weighted by Gasteiger charge is 2.20. The number of aliphatic hydroxyl groups is 2. The zero-order valence-electron chi connectivity index (χ0n) is 45.4. The third kappa shape index (κ3) is 55.2. The number of rotatable bonds is 56. The summed E-state index contributed by atoms with van der Waals surface area (Å²) in [5.41, 5.74) is 0. The molecule has 0 rings (SSSR count). The van der Waals surface area contributed by atoms with E-state index in [0.29, 0.717) is 12.8 Å². The van der Waals surface area contributed by atoms with Crippen LogP contribution in [0.25, 0.3) is 0 Å². The molecule has 0 spiro atoms. The van der Waals surface area contributed by atoms with Crippen LogP contribution in [0.4, 0.5) is 0 Å². The lowest BCUT2D eigenvalue weighted by Crippen LogP contribution is -2.45. The fraction of sp³-hybridized carbons (Fsp3) is 0.857. The van der Waals surface area contributed by atoms with Crippen molar-refractivity contribution in [1.82, 2.24) is 5.32 Å². The molecule has 2 atom stereocenters. The van der Waals surface area contributed by atoms with Crippen molar-refractivity contribution in [3.63, 3.8) is 0 Å². The summed E-state index contributed by atoms with van der Waals surface area (Å²) in [6, 6.07) is -0.542. The van der Waals surface area contributed by atoms with Gasteiger partial charge in [0.15, 0.2) is 0 Å². The van der Waals surface area contributed by atoms with Crippen LogP contribution in [0, 0.1) is 0 Å². The molecule has 0 aromatic heterocycles. The third-order valence-electron chi connectivity index (χ3n) is 14.1. The van der Waals surface area contributed by atoms with Gasteiger partial charge in [-0.3, -0.25) is 4.79 Å². The highest BCUT2D eigenvalue weighted by atomic mass is 16.3. The summed E-state index contributed by atoms with van der Waals surface area (Å²) < 4.78 is 0. The monoisotopic (exact) mass is 938 g/mol. The van der Waals surface area contributed by atoms with Gasteiger partial charge in [0, 0.05) is 6.42 Å². The molecule has 4 heteroatoms. The highest BCUT2D eigenvalue weighted by molar-refractivity contribution is 5.76. The normalized spacial score (nSPS) is 13.1. The van der Waals surface area contributed by atoms with Gasteiger partial charge in [0.1, 0.15) is 0 Å². The van der Waals surface area contributed by atoms with Crippen molar-refractivity contribution in [2.75, 3.05) is 6.61 Å². The van der Waals surface area contributed by atoms with E-state index >= 15 is 0 Å². The first kappa shape index (κ1) is 65.3. The number of unbranched alkanes of at least 4 members (excludes halogenated alkanes) is 41. The first-order valence-corrected chi connectivity index (χ1v) is 30.3. The summed E-state index contributed by atoms with van der Waals surface area (Å²) in [6.45, 7) is 4.28. The minimum atomic E-state index is -0.665. The summed E-state index contributed by atoms with van der Waals surface area (Å²) in [6.07, 6.45) is 81.2. The van der Waals surface area contributed by atoms with Crippen molar-refractivity contribution in [2.45, 2.75) is 341 Å². The molecule has 394 valence electrons. The third-order valence-corrected chi connectivity index (χ3v) is 14.1. The molecule has 0 bridgehead atoms. The van der Waals surface area contributed by atoms with Crippen LogP contribution < -0.4 is 5.32 Å². The Morgan fingerprint density at radius 2 is 0.657 bits per heavy atom. The van der Waals surface area contributed by atoms with E-state index in [-0.39, 0.29) is 12.5 Å².